The van der Waals surface area contributed by atoms with E-state index in [1.165, 1.54) is 5.56 Å². The molecule has 0 amide bonds. The van der Waals surface area contributed by atoms with E-state index in [4.69, 9.17) is 5.73 Å². The van der Waals surface area contributed by atoms with Gasteiger partial charge in [-0.1, -0.05) is 43.3 Å². The Morgan fingerprint density at radius 2 is 2.00 bits per heavy atom. The van der Waals surface area contributed by atoms with Gasteiger partial charge in [-0.15, -0.1) is 6.58 Å². The van der Waals surface area contributed by atoms with Crippen molar-refractivity contribution in [3.05, 3.63) is 55.5 Å². The van der Waals surface area contributed by atoms with Crippen LogP contribution < -0.4 is 5.73 Å². The summed E-state index contributed by atoms with van der Waals surface area (Å²) in [5.41, 5.74) is 6.63. The zero-order valence-electron chi connectivity index (χ0n) is 10.0. The van der Waals surface area contributed by atoms with E-state index in [1.807, 2.05) is 24.3 Å². The lowest BCUT2D eigenvalue weighted by Crippen LogP contribution is -2.44. The van der Waals surface area contributed by atoms with Crippen LogP contribution >= 0.6 is 0 Å². The molecule has 0 fully saturated rings. The van der Waals surface area contributed by atoms with E-state index in [9.17, 15) is 0 Å². The summed E-state index contributed by atoms with van der Waals surface area (Å²) < 4.78 is 0. The lowest BCUT2D eigenvalue weighted by molar-refractivity contribution is 0.174. The first-order valence-electron chi connectivity index (χ1n) is 5.61. The van der Waals surface area contributed by atoms with Crippen LogP contribution in [0.25, 0.3) is 0 Å². The Bertz CT molecular complexity index is 321. The average molecular weight is 217 g/mol. The Kier molecular flexibility index (Phi) is 4.71. The topological polar surface area (TPSA) is 29.3 Å². The molecule has 2 nitrogen and oxygen atoms in total. The van der Waals surface area contributed by atoms with Gasteiger partial charge in [-0.25, -0.2) is 0 Å². The zero-order chi connectivity index (χ0) is 12.0. The molecule has 0 saturated carbocycles. The minimum atomic E-state index is -0.208. The molecule has 0 heterocycles. The molecule has 87 valence electrons. The molecule has 1 rings (SSSR count). The van der Waals surface area contributed by atoms with Crippen molar-refractivity contribution in [1.82, 2.24) is 4.90 Å². The third-order valence-electron chi connectivity index (χ3n) is 3.14. The van der Waals surface area contributed by atoms with E-state index in [0.717, 1.165) is 13.0 Å². The van der Waals surface area contributed by atoms with Crippen LogP contribution in [0.15, 0.2) is 43.0 Å². The third-order valence-corrected chi connectivity index (χ3v) is 3.14. The summed E-state index contributed by atoms with van der Waals surface area (Å²) in [5.74, 6) is 0. The number of likely N-dealkylation sites (N-methyl/N-ethyl adjacent to an activating group) is 1. The van der Waals surface area contributed by atoms with E-state index in [0.29, 0.717) is 6.54 Å². The summed E-state index contributed by atoms with van der Waals surface area (Å²) in [6.45, 7) is 9.48. The molecule has 2 N–H and O–H groups in total. The van der Waals surface area contributed by atoms with Crippen molar-refractivity contribution in [3.8, 4) is 0 Å². The molecular weight excluding hydrogens is 196 g/mol. The number of nitrogens with zero attached hydrogens (tertiary/aromatic N) is 1. The summed E-state index contributed by atoms with van der Waals surface area (Å²) in [6, 6.07) is 10.3. The van der Waals surface area contributed by atoms with Gasteiger partial charge in [0.2, 0.25) is 0 Å². The molecule has 0 aromatic heterocycles. The number of benzene rings is 1. The first-order valence-corrected chi connectivity index (χ1v) is 5.61. The van der Waals surface area contributed by atoms with Gasteiger partial charge >= 0.3 is 0 Å². The highest BCUT2D eigenvalue weighted by Crippen LogP contribution is 2.31. The molecule has 0 saturated heterocycles. The van der Waals surface area contributed by atoms with Gasteiger partial charge in [0.15, 0.2) is 0 Å². The molecule has 0 spiro atoms. The smallest absolute Gasteiger partial charge is 0.0640 e. The van der Waals surface area contributed by atoms with Crippen LogP contribution in [0.1, 0.15) is 12.0 Å². The summed E-state index contributed by atoms with van der Waals surface area (Å²) in [6.07, 6.45) is 2.71. The van der Waals surface area contributed by atoms with Gasteiger partial charge in [-0.2, -0.15) is 0 Å². The molecule has 1 aromatic carbocycles. The van der Waals surface area contributed by atoms with Crippen molar-refractivity contribution in [2.75, 3.05) is 20.1 Å². The second-order valence-corrected chi connectivity index (χ2v) is 3.95. The number of hydrogen-bond acceptors (Lipinski definition) is 2. The van der Waals surface area contributed by atoms with Crippen LogP contribution in [0, 0.1) is 6.92 Å². The Morgan fingerprint density at radius 3 is 2.44 bits per heavy atom. The van der Waals surface area contributed by atoms with Crippen molar-refractivity contribution in [1.29, 1.82) is 0 Å². The Hall–Kier alpha value is -1.12. The minimum Gasteiger partial charge on any atom is -0.329 e. The average Bonchev–Trinajstić information content (AvgIpc) is 2.33. The first kappa shape index (κ1) is 12.9. The van der Waals surface area contributed by atoms with E-state index in [-0.39, 0.29) is 5.54 Å². The summed E-state index contributed by atoms with van der Waals surface area (Å²) in [5, 5.41) is 0. The van der Waals surface area contributed by atoms with Crippen LogP contribution in [0.2, 0.25) is 0 Å². The van der Waals surface area contributed by atoms with Gasteiger partial charge in [0, 0.05) is 13.1 Å². The SMILES string of the molecule is [CH2]CC(C=C)(c1ccccc1)N(C)CCN. The molecule has 0 aliphatic rings. The third kappa shape index (κ3) is 2.34. The van der Waals surface area contributed by atoms with Gasteiger partial charge < -0.3 is 5.73 Å². The highest BCUT2D eigenvalue weighted by Gasteiger charge is 2.30. The Balaban J connectivity index is 3.10. The predicted molar refractivity (Wildman–Crippen MR) is 70.0 cm³/mol. The number of hydrogen-bond donors (Lipinski definition) is 1. The van der Waals surface area contributed by atoms with Crippen LogP contribution in [0.4, 0.5) is 0 Å². The highest BCUT2D eigenvalue weighted by atomic mass is 15.2. The molecule has 0 aliphatic carbocycles. The fourth-order valence-corrected chi connectivity index (χ4v) is 2.05. The van der Waals surface area contributed by atoms with Crippen molar-refractivity contribution in [2.45, 2.75) is 12.0 Å². The monoisotopic (exact) mass is 217 g/mol. The van der Waals surface area contributed by atoms with Gasteiger partial charge in [-0.3, -0.25) is 4.90 Å². The minimum absolute atomic E-state index is 0.208. The molecule has 0 bridgehead atoms. The van der Waals surface area contributed by atoms with Crippen LogP contribution in [-0.4, -0.2) is 25.0 Å². The van der Waals surface area contributed by atoms with E-state index in [1.54, 1.807) is 0 Å². The second kappa shape index (κ2) is 5.83. The van der Waals surface area contributed by atoms with Crippen molar-refractivity contribution in [2.24, 2.45) is 5.73 Å². The van der Waals surface area contributed by atoms with Gasteiger partial charge in [-0.05, 0) is 19.0 Å². The Labute approximate surface area is 98.8 Å². The predicted octanol–water partition coefficient (Wildman–Crippen LogP) is 2.18. The zero-order valence-corrected chi connectivity index (χ0v) is 10.0. The van der Waals surface area contributed by atoms with Crippen molar-refractivity contribution < 1.29 is 0 Å². The van der Waals surface area contributed by atoms with Crippen LogP contribution in [0.5, 0.6) is 0 Å². The highest BCUT2D eigenvalue weighted by molar-refractivity contribution is 5.29. The molecule has 1 atom stereocenters. The van der Waals surface area contributed by atoms with E-state index in [2.05, 4.69) is 37.6 Å². The molecule has 1 aromatic rings. The van der Waals surface area contributed by atoms with E-state index >= 15 is 0 Å². The lowest BCUT2D eigenvalue weighted by Gasteiger charge is -2.39. The first-order chi connectivity index (χ1) is 7.71. The fourth-order valence-electron chi connectivity index (χ4n) is 2.05. The second-order valence-electron chi connectivity index (χ2n) is 3.95. The quantitative estimate of drug-likeness (QED) is 0.740. The van der Waals surface area contributed by atoms with Crippen molar-refractivity contribution in [3.63, 3.8) is 0 Å². The normalized spacial score (nSPS) is 14.8. The standard InChI is InChI=1S/C14H21N2/c1-4-14(5-2,16(3)12-11-15)13-9-7-6-8-10-13/h4,6-10H,1-2,5,11-12,15H2,3H3. The van der Waals surface area contributed by atoms with Crippen LogP contribution in [0.3, 0.4) is 0 Å². The molecule has 16 heavy (non-hydrogen) atoms. The maximum absolute atomic E-state index is 5.62. The van der Waals surface area contributed by atoms with Crippen LogP contribution in [-0.2, 0) is 5.54 Å². The molecule has 0 aliphatic heterocycles. The number of rotatable bonds is 6. The van der Waals surface area contributed by atoms with Gasteiger partial charge in [0.1, 0.15) is 0 Å². The number of nitrogens with two attached hydrogens (primary N) is 1. The molecular formula is C14H21N2. The summed E-state index contributed by atoms with van der Waals surface area (Å²) >= 11 is 0. The summed E-state index contributed by atoms with van der Waals surface area (Å²) in [4.78, 5) is 2.21. The van der Waals surface area contributed by atoms with Gasteiger partial charge in [0.05, 0.1) is 5.54 Å². The van der Waals surface area contributed by atoms with E-state index < -0.39 is 0 Å². The molecule has 2 heteroatoms. The Morgan fingerprint density at radius 1 is 1.38 bits per heavy atom. The fraction of sp³-hybridized carbons (Fsp3) is 0.357. The van der Waals surface area contributed by atoms with Gasteiger partial charge in [0.25, 0.3) is 0 Å². The maximum atomic E-state index is 5.62. The maximum Gasteiger partial charge on any atom is 0.0640 e. The lowest BCUT2D eigenvalue weighted by atomic mass is 9.86. The van der Waals surface area contributed by atoms with Crippen molar-refractivity contribution >= 4 is 0 Å². The largest absolute Gasteiger partial charge is 0.329 e. The molecule has 1 unspecified atom stereocenters. The summed E-state index contributed by atoms with van der Waals surface area (Å²) in [7, 11) is 2.06. The molecule has 1 radical (unpaired) electrons.